The fourth-order valence-electron chi connectivity index (χ4n) is 1.78. The second-order valence-corrected chi connectivity index (χ2v) is 6.34. The molecular weight excluding hydrogens is 426 g/mol. The Hall–Kier alpha value is -2.16. The maximum Gasteiger partial charge on any atom is 0.259 e. The zero-order chi connectivity index (χ0) is 17.7. The second-order valence-electron chi connectivity index (χ2n) is 5.18. The summed E-state index contributed by atoms with van der Waals surface area (Å²) in [5.41, 5.74) is 0.973. The lowest BCUT2D eigenvalue weighted by molar-refractivity contribution is -0.130. The van der Waals surface area contributed by atoms with Crippen LogP contribution in [0.1, 0.15) is 10.4 Å². The van der Waals surface area contributed by atoms with E-state index in [-0.39, 0.29) is 24.2 Å². The van der Waals surface area contributed by atoms with E-state index in [9.17, 15) is 14.0 Å². The van der Waals surface area contributed by atoms with Crippen molar-refractivity contribution in [3.8, 4) is 5.75 Å². The van der Waals surface area contributed by atoms with Crippen LogP contribution in [0.15, 0.2) is 42.5 Å². The molecule has 2 amide bonds. The van der Waals surface area contributed by atoms with Crippen molar-refractivity contribution in [3.05, 3.63) is 57.4 Å². The molecule has 0 saturated heterocycles. The Morgan fingerprint density at radius 1 is 1.17 bits per heavy atom. The number of carbonyl (C=O) groups is 2. The van der Waals surface area contributed by atoms with Crippen molar-refractivity contribution >= 4 is 40.1 Å². The molecule has 0 spiro atoms. The molecular formula is C17H16FIN2O3. The molecule has 0 heterocycles. The van der Waals surface area contributed by atoms with Crippen molar-refractivity contribution in [1.82, 2.24) is 4.90 Å². The molecule has 7 heteroatoms. The number of hydrogen-bond donors (Lipinski definition) is 1. The number of carbonyl (C=O) groups excluding carboxylic acids is 2. The van der Waals surface area contributed by atoms with Crippen LogP contribution in [0.4, 0.5) is 10.1 Å². The first-order chi connectivity index (χ1) is 11.4. The third kappa shape index (κ3) is 4.92. The van der Waals surface area contributed by atoms with Crippen LogP contribution in [0.2, 0.25) is 0 Å². The number of benzene rings is 2. The molecule has 0 saturated carbocycles. The molecule has 2 rings (SSSR count). The van der Waals surface area contributed by atoms with Gasteiger partial charge in [0.1, 0.15) is 11.6 Å². The highest BCUT2D eigenvalue weighted by molar-refractivity contribution is 14.1. The second kappa shape index (κ2) is 8.09. The van der Waals surface area contributed by atoms with E-state index < -0.39 is 0 Å². The summed E-state index contributed by atoms with van der Waals surface area (Å²) in [4.78, 5) is 25.1. The van der Waals surface area contributed by atoms with Crippen LogP contribution < -0.4 is 10.1 Å². The number of halogens is 2. The summed E-state index contributed by atoms with van der Waals surface area (Å²) in [6, 6.07) is 10.6. The number of nitrogens with one attached hydrogen (secondary N) is 1. The average Bonchev–Trinajstić information content (AvgIpc) is 2.53. The van der Waals surface area contributed by atoms with E-state index >= 15 is 0 Å². The highest BCUT2D eigenvalue weighted by Crippen LogP contribution is 2.19. The van der Waals surface area contributed by atoms with Gasteiger partial charge in [-0.3, -0.25) is 9.59 Å². The van der Waals surface area contributed by atoms with Gasteiger partial charge < -0.3 is 15.0 Å². The number of amides is 2. The van der Waals surface area contributed by atoms with Crippen LogP contribution in [0.25, 0.3) is 0 Å². The van der Waals surface area contributed by atoms with E-state index in [1.54, 1.807) is 38.4 Å². The molecule has 126 valence electrons. The normalized spacial score (nSPS) is 10.2. The first kappa shape index (κ1) is 18.2. The number of ether oxygens (including phenoxy) is 1. The van der Waals surface area contributed by atoms with Gasteiger partial charge in [-0.05, 0) is 65.1 Å². The van der Waals surface area contributed by atoms with Crippen LogP contribution in [0.3, 0.4) is 0 Å². The van der Waals surface area contributed by atoms with Gasteiger partial charge in [0.25, 0.3) is 11.8 Å². The van der Waals surface area contributed by atoms with Gasteiger partial charge in [-0.1, -0.05) is 0 Å². The van der Waals surface area contributed by atoms with E-state index in [0.29, 0.717) is 20.6 Å². The quantitative estimate of drug-likeness (QED) is 0.725. The molecule has 2 aromatic carbocycles. The van der Waals surface area contributed by atoms with E-state index in [0.717, 1.165) is 0 Å². The van der Waals surface area contributed by atoms with E-state index in [1.807, 2.05) is 22.6 Å². The summed E-state index contributed by atoms with van der Waals surface area (Å²) >= 11 is 1.91. The Morgan fingerprint density at radius 2 is 1.83 bits per heavy atom. The minimum absolute atomic E-state index is 0.0491. The lowest BCUT2D eigenvalue weighted by atomic mass is 10.2. The summed E-state index contributed by atoms with van der Waals surface area (Å²) in [6.07, 6.45) is 0. The lowest BCUT2D eigenvalue weighted by Crippen LogP contribution is -2.27. The van der Waals surface area contributed by atoms with Gasteiger partial charge in [0.05, 0.1) is 5.56 Å². The van der Waals surface area contributed by atoms with Crippen LogP contribution in [-0.4, -0.2) is 37.4 Å². The standard InChI is InChI=1S/C17H16FIN2O3/c1-21(2)16(22)10-24-13-6-4-12(5-7-13)20-17(23)14-8-3-11(18)9-15(14)19/h3-9H,10H2,1-2H3,(H,20,23). The molecule has 0 aliphatic heterocycles. The van der Waals surface area contributed by atoms with Crippen molar-refractivity contribution < 1.29 is 18.7 Å². The van der Waals surface area contributed by atoms with Crippen LogP contribution >= 0.6 is 22.6 Å². The minimum Gasteiger partial charge on any atom is -0.484 e. The molecule has 0 radical (unpaired) electrons. The number of nitrogens with zero attached hydrogens (tertiary/aromatic N) is 1. The summed E-state index contributed by atoms with van der Waals surface area (Å²) in [6.45, 7) is -0.0491. The third-order valence-electron chi connectivity index (χ3n) is 3.15. The monoisotopic (exact) mass is 442 g/mol. The molecule has 2 aromatic rings. The minimum atomic E-state index is -0.385. The highest BCUT2D eigenvalue weighted by atomic mass is 127. The molecule has 0 fully saturated rings. The van der Waals surface area contributed by atoms with Crippen LogP contribution in [-0.2, 0) is 4.79 Å². The topological polar surface area (TPSA) is 58.6 Å². The van der Waals surface area contributed by atoms with E-state index in [1.165, 1.54) is 23.1 Å². The Labute approximate surface area is 152 Å². The number of hydrogen-bond acceptors (Lipinski definition) is 3. The Balaban J connectivity index is 1.98. The molecule has 1 N–H and O–H groups in total. The largest absolute Gasteiger partial charge is 0.484 e. The van der Waals surface area contributed by atoms with Gasteiger partial charge in [0.15, 0.2) is 6.61 Å². The molecule has 0 aliphatic rings. The van der Waals surface area contributed by atoms with Crippen molar-refractivity contribution in [2.45, 2.75) is 0 Å². The first-order valence-corrected chi connectivity index (χ1v) is 8.14. The predicted octanol–water partition coefficient (Wildman–Crippen LogP) is 3.15. The van der Waals surface area contributed by atoms with Gasteiger partial charge in [-0.15, -0.1) is 0 Å². The SMILES string of the molecule is CN(C)C(=O)COc1ccc(NC(=O)c2ccc(F)cc2I)cc1. The van der Waals surface area contributed by atoms with E-state index in [2.05, 4.69) is 5.32 Å². The zero-order valence-electron chi connectivity index (χ0n) is 13.2. The van der Waals surface area contributed by atoms with Gasteiger partial charge in [0, 0.05) is 23.4 Å². The van der Waals surface area contributed by atoms with Gasteiger partial charge in [-0.2, -0.15) is 0 Å². The van der Waals surface area contributed by atoms with Crippen molar-refractivity contribution in [3.63, 3.8) is 0 Å². The molecule has 5 nitrogen and oxygen atoms in total. The Bertz CT molecular complexity index is 748. The third-order valence-corrected chi connectivity index (χ3v) is 4.04. The smallest absolute Gasteiger partial charge is 0.259 e. The fraction of sp³-hybridized carbons (Fsp3) is 0.176. The zero-order valence-corrected chi connectivity index (χ0v) is 15.3. The highest BCUT2D eigenvalue weighted by Gasteiger charge is 2.11. The summed E-state index contributed by atoms with van der Waals surface area (Å²) in [7, 11) is 3.31. The van der Waals surface area contributed by atoms with Crippen molar-refractivity contribution in [1.29, 1.82) is 0 Å². The maximum absolute atomic E-state index is 13.1. The number of anilines is 1. The van der Waals surface area contributed by atoms with Gasteiger partial charge in [0.2, 0.25) is 0 Å². The number of likely N-dealkylation sites (N-methyl/N-ethyl adjacent to an activating group) is 1. The first-order valence-electron chi connectivity index (χ1n) is 7.06. The van der Waals surface area contributed by atoms with Crippen molar-refractivity contribution in [2.75, 3.05) is 26.0 Å². The molecule has 0 bridgehead atoms. The molecule has 24 heavy (non-hydrogen) atoms. The van der Waals surface area contributed by atoms with Gasteiger partial charge in [-0.25, -0.2) is 4.39 Å². The summed E-state index contributed by atoms with van der Waals surface area (Å²) in [5.74, 6) is -0.321. The molecule has 0 unspecified atom stereocenters. The lowest BCUT2D eigenvalue weighted by Gasteiger charge is -2.12. The number of rotatable bonds is 5. The fourth-order valence-corrected chi connectivity index (χ4v) is 2.50. The Morgan fingerprint density at radius 3 is 2.42 bits per heavy atom. The maximum atomic E-state index is 13.1. The Kier molecular flexibility index (Phi) is 6.13. The summed E-state index contributed by atoms with van der Waals surface area (Å²) < 4.78 is 19.0. The molecule has 0 aliphatic carbocycles. The average molecular weight is 442 g/mol. The molecule has 0 atom stereocenters. The van der Waals surface area contributed by atoms with Gasteiger partial charge >= 0.3 is 0 Å². The summed E-state index contributed by atoms with van der Waals surface area (Å²) in [5, 5.41) is 2.73. The van der Waals surface area contributed by atoms with Crippen LogP contribution in [0, 0.1) is 9.39 Å². The van der Waals surface area contributed by atoms with Crippen LogP contribution in [0.5, 0.6) is 5.75 Å². The van der Waals surface area contributed by atoms with Crippen molar-refractivity contribution in [2.24, 2.45) is 0 Å². The predicted molar refractivity (Wildman–Crippen MR) is 97.7 cm³/mol. The molecule has 0 aromatic heterocycles. The van der Waals surface area contributed by atoms with E-state index in [4.69, 9.17) is 4.74 Å².